The second kappa shape index (κ2) is 60.2. The summed E-state index contributed by atoms with van der Waals surface area (Å²) in [7, 11) is 0. The van der Waals surface area contributed by atoms with E-state index in [4.69, 9.17) is 18.9 Å². The lowest BCUT2D eigenvalue weighted by Gasteiger charge is -2.46. The third-order valence-electron chi connectivity index (χ3n) is 18.9. The highest BCUT2D eigenvalue weighted by Crippen LogP contribution is 2.30. The molecule has 12 unspecified atom stereocenters. The summed E-state index contributed by atoms with van der Waals surface area (Å²) in [5.41, 5.74) is 0. The molecule has 12 atom stereocenters. The molecule has 0 aliphatic carbocycles. The molecule has 526 valence electrons. The van der Waals surface area contributed by atoms with Crippen LogP contribution in [0.5, 0.6) is 0 Å². The molecule has 0 saturated carbocycles. The first kappa shape index (κ1) is 83.6. The number of aliphatic hydroxyl groups is 8. The molecule has 2 rings (SSSR count). The standard InChI is InChI=1S/C75H143NO13/c1-3-5-7-9-11-13-15-17-19-21-23-25-27-28-29-30-31-32-33-34-35-36-37-39-41-43-45-47-49-51-53-55-57-59-67(80)76-63(62-86-74-72(85)70(83)73(66(61-78)88-74)89-75-71(84)69(82)68(81)65(60-77)87-75)64(79)58-56-54-52-50-48-46-44-42-40-38-26-24-22-20-18-16-14-12-10-8-6-4-2/h15,17,21,23,63-66,68-75,77-79,81-85H,3-14,16,18-20,22,24-62H2,1-2H3,(H,76,80)/b17-15-,23-21-. The number of hydrogen-bond donors (Lipinski definition) is 9. The van der Waals surface area contributed by atoms with E-state index in [0.29, 0.717) is 12.8 Å². The molecule has 0 bridgehead atoms. The fraction of sp³-hybridized carbons (Fsp3) is 0.933. The molecule has 0 radical (unpaired) electrons. The highest BCUT2D eigenvalue weighted by Gasteiger charge is 2.51. The summed E-state index contributed by atoms with van der Waals surface area (Å²) >= 11 is 0. The summed E-state index contributed by atoms with van der Waals surface area (Å²) in [6, 6.07) is -0.827. The van der Waals surface area contributed by atoms with E-state index in [-0.39, 0.29) is 12.5 Å². The molecule has 0 spiro atoms. The molecule has 2 aliphatic heterocycles. The van der Waals surface area contributed by atoms with Gasteiger partial charge < -0.3 is 65.1 Å². The molecule has 1 amide bonds. The molecule has 9 N–H and O–H groups in total. The summed E-state index contributed by atoms with van der Waals surface area (Å²) < 4.78 is 23.0. The van der Waals surface area contributed by atoms with Crippen molar-refractivity contribution in [3.05, 3.63) is 24.3 Å². The van der Waals surface area contributed by atoms with Crippen LogP contribution in [0.1, 0.15) is 354 Å². The Morgan fingerprint density at radius 1 is 0.404 bits per heavy atom. The maximum absolute atomic E-state index is 13.4. The Morgan fingerprint density at radius 2 is 0.742 bits per heavy atom. The van der Waals surface area contributed by atoms with Crippen molar-refractivity contribution in [2.24, 2.45) is 0 Å². The summed E-state index contributed by atoms with van der Waals surface area (Å²) in [5.74, 6) is -0.198. The summed E-state index contributed by atoms with van der Waals surface area (Å²) in [6.45, 7) is 2.91. The average molecular weight is 1270 g/mol. The van der Waals surface area contributed by atoms with Gasteiger partial charge in [0.15, 0.2) is 12.6 Å². The van der Waals surface area contributed by atoms with Gasteiger partial charge in [0.05, 0.1) is 32.0 Å². The Hall–Kier alpha value is -1.53. The average Bonchev–Trinajstić information content (AvgIpc) is 2.75. The SMILES string of the molecule is CCCCCCC/C=C\C/C=C\CCCCCCCCCCCCCCCCCCCCCCCC(=O)NC(COC1OC(CO)C(OC2OC(CO)C(O)C(O)C2O)C(O)C1O)C(O)CCCCCCCCCCCCCCCCCCCCCCCC. The zero-order valence-electron chi connectivity index (χ0n) is 57.5. The molecule has 14 heteroatoms. The van der Waals surface area contributed by atoms with E-state index >= 15 is 0 Å². The van der Waals surface area contributed by atoms with Crippen LogP contribution >= 0.6 is 0 Å². The Kier molecular flexibility index (Phi) is 56.5. The van der Waals surface area contributed by atoms with Gasteiger partial charge in [-0.1, -0.05) is 327 Å². The lowest BCUT2D eigenvalue weighted by molar-refractivity contribution is -0.359. The van der Waals surface area contributed by atoms with E-state index in [1.807, 2.05) is 0 Å². The van der Waals surface area contributed by atoms with Gasteiger partial charge in [0.25, 0.3) is 0 Å². The van der Waals surface area contributed by atoms with Gasteiger partial charge in [-0.25, -0.2) is 0 Å². The van der Waals surface area contributed by atoms with Gasteiger partial charge in [-0.15, -0.1) is 0 Å². The van der Waals surface area contributed by atoms with Crippen LogP contribution in [0.3, 0.4) is 0 Å². The summed E-state index contributed by atoms with van der Waals surface area (Å²) in [6.07, 6.45) is 59.2. The number of aliphatic hydroxyl groups excluding tert-OH is 8. The Morgan fingerprint density at radius 3 is 1.12 bits per heavy atom. The van der Waals surface area contributed by atoms with Crippen molar-refractivity contribution in [1.29, 1.82) is 0 Å². The first-order valence-corrected chi connectivity index (χ1v) is 38.1. The number of hydrogen-bond acceptors (Lipinski definition) is 13. The van der Waals surface area contributed by atoms with Crippen LogP contribution < -0.4 is 5.32 Å². The van der Waals surface area contributed by atoms with Gasteiger partial charge in [-0.05, 0) is 44.9 Å². The molecule has 89 heavy (non-hydrogen) atoms. The quantitative estimate of drug-likeness (QED) is 0.0204. The van der Waals surface area contributed by atoms with Gasteiger partial charge in [-0.3, -0.25) is 4.79 Å². The third kappa shape index (κ3) is 44.0. The first-order chi connectivity index (χ1) is 43.6. The normalized spacial score (nSPS) is 23.1. The van der Waals surface area contributed by atoms with Crippen LogP contribution in [0.15, 0.2) is 24.3 Å². The van der Waals surface area contributed by atoms with Gasteiger partial charge >= 0.3 is 0 Å². The van der Waals surface area contributed by atoms with Gasteiger partial charge in [-0.2, -0.15) is 0 Å². The second-order valence-electron chi connectivity index (χ2n) is 27.1. The van der Waals surface area contributed by atoms with Crippen molar-refractivity contribution in [3.63, 3.8) is 0 Å². The van der Waals surface area contributed by atoms with Gasteiger partial charge in [0.1, 0.15) is 48.8 Å². The number of amides is 1. The minimum atomic E-state index is -1.78. The predicted molar refractivity (Wildman–Crippen MR) is 365 cm³/mol. The lowest BCUT2D eigenvalue weighted by atomic mass is 9.97. The number of ether oxygens (including phenoxy) is 4. The van der Waals surface area contributed by atoms with E-state index in [0.717, 1.165) is 57.8 Å². The van der Waals surface area contributed by atoms with Crippen molar-refractivity contribution < 1.29 is 64.6 Å². The van der Waals surface area contributed by atoms with E-state index in [1.165, 1.54) is 270 Å². The summed E-state index contributed by atoms with van der Waals surface area (Å²) in [5, 5.41) is 87.7. The number of unbranched alkanes of at least 4 members (excludes halogenated alkanes) is 47. The van der Waals surface area contributed by atoms with Crippen molar-refractivity contribution >= 4 is 5.91 Å². The number of nitrogens with one attached hydrogen (secondary N) is 1. The molecular formula is C75H143NO13. The molecule has 0 aromatic carbocycles. The van der Waals surface area contributed by atoms with Crippen LogP contribution in [-0.4, -0.2) is 140 Å². The lowest BCUT2D eigenvalue weighted by Crippen LogP contribution is -2.65. The minimum absolute atomic E-state index is 0.198. The van der Waals surface area contributed by atoms with Crippen LogP contribution in [-0.2, 0) is 23.7 Å². The van der Waals surface area contributed by atoms with Crippen molar-refractivity contribution in [2.45, 2.75) is 428 Å². The van der Waals surface area contributed by atoms with Crippen LogP contribution in [0.25, 0.3) is 0 Å². The van der Waals surface area contributed by atoms with Crippen molar-refractivity contribution in [1.82, 2.24) is 5.32 Å². The van der Waals surface area contributed by atoms with E-state index in [9.17, 15) is 45.6 Å². The predicted octanol–water partition coefficient (Wildman–Crippen LogP) is 16.3. The Balaban J connectivity index is 1.61. The van der Waals surface area contributed by atoms with Gasteiger partial charge in [0.2, 0.25) is 5.91 Å². The molecule has 0 aromatic rings. The second-order valence-corrected chi connectivity index (χ2v) is 27.1. The van der Waals surface area contributed by atoms with E-state index in [2.05, 4.69) is 43.5 Å². The fourth-order valence-corrected chi connectivity index (χ4v) is 12.9. The van der Waals surface area contributed by atoms with Crippen LogP contribution in [0.4, 0.5) is 0 Å². The minimum Gasteiger partial charge on any atom is -0.394 e. The molecule has 14 nitrogen and oxygen atoms in total. The van der Waals surface area contributed by atoms with Crippen molar-refractivity contribution in [3.8, 4) is 0 Å². The maximum atomic E-state index is 13.4. The molecular weight excluding hydrogens is 1120 g/mol. The van der Waals surface area contributed by atoms with Crippen LogP contribution in [0.2, 0.25) is 0 Å². The van der Waals surface area contributed by atoms with E-state index in [1.54, 1.807) is 0 Å². The monoisotopic (exact) mass is 1270 g/mol. The summed E-state index contributed by atoms with van der Waals surface area (Å²) in [4.78, 5) is 13.4. The fourth-order valence-electron chi connectivity index (χ4n) is 12.9. The highest BCUT2D eigenvalue weighted by molar-refractivity contribution is 5.76. The zero-order chi connectivity index (χ0) is 64.5. The molecule has 0 aromatic heterocycles. The number of carbonyl (C=O) groups excluding carboxylic acids is 1. The molecule has 2 saturated heterocycles. The van der Waals surface area contributed by atoms with Crippen molar-refractivity contribution in [2.75, 3.05) is 19.8 Å². The smallest absolute Gasteiger partial charge is 0.220 e. The molecule has 2 fully saturated rings. The topological polar surface area (TPSA) is 228 Å². The maximum Gasteiger partial charge on any atom is 0.220 e. The number of rotatable bonds is 64. The largest absolute Gasteiger partial charge is 0.394 e. The van der Waals surface area contributed by atoms with Gasteiger partial charge in [0, 0.05) is 6.42 Å². The van der Waals surface area contributed by atoms with E-state index < -0.39 is 86.8 Å². The number of carbonyl (C=O) groups is 1. The first-order valence-electron chi connectivity index (χ1n) is 38.1. The third-order valence-corrected chi connectivity index (χ3v) is 18.9. The molecule has 2 aliphatic rings. The Labute approximate surface area is 545 Å². The highest BCUT2D eigenvalue weighted by atomic mass is 16.7. The zero-order valence-corrected chi connectivity index (χ0v) is 57.5. The number of allylic oxidation sites excluding steroid dienone is 4. The Bertz CT molecular complexity index is 1590. The van der Waals surface area contributed by atoms with Crippen LogP contribution in [0, 0.1) is 0 Å². The molecule has 2 heterocycles.